The van der Waals surface area contributed by atoms with E-state index in [0.29, 0.717) is 26.1 Å². The summed E-state index contributed by atoms with van der Waals surface area (Å²) in [6.45, 7) is 4.58. The van der Waals surface area contributed by atoms with E-state index in [1.807, 2.05) is 60.9 Å². The number of imidazole rings is 1. The summed E-state index contributed by atoms with van der Waals surface area (Å²) in [7, 11) is 4.01. The molecular weight excluding hydrogens is 324 g/mol. The smallest absolute Gasteiger partial charge is 0.222 e. The molecule has 0 saturated carbocycles. The maximum atomic E-state index is 12.2. The lowest BCUT2D eigenvalue weighted by molar-refractivity contribution is -0.131. The van der Waals surface area contributed by atoms with Crippen molar-refractivity contribution in [2.24, 2.45) is 0 Å². The summed E-state index contributed by atoms with van der Waals surface area (Å²) in [5, 5.41) is 0.742. The van der Waals surface area contributed by atoms with Crippen molar-refractivity contribution in [3.63, 3.8) is 0 Å². The van der Waals surface area contributed by atoms with Crippen molar-refractivity contribution in [2.45, 2.75) is 26.4 Å². The molecule has 5 nitrogen and oxygen atoms in total. The van der Waals surface area contributed by atoms with Gasteiger partial charge in [-0.3, -0.25) is 4.79 Å². The van der Waals surface area contributed by atoms with Crippen LogP contribution in [0.4, 0.5) is 0 Å². The Labute approximate surface area is 148 Å². The number of amides is 1. The van der Waals surface area contributed by atoms with Gasteiger partial charge in [0.05, 0.1) is 13.1 Å². The lowest BCUT2D eigenvalue weighted by Gasteiger charge is -2.24. The van der Waals surface area contributed by atoms with Gasteiger partial charge < -0.3 is 14.4 Å². The molecule has 0 atom stereocenters. The van der Waals surface area contributed by atoms with Gasteiger partial charge in [0.15, 0.2) is 0 Å². The summed E-state index contributed by atoms with van der Waals surface area (Å²) < 4.78 is 2.05. The van der Waals surface area contributed by atoms with E-state index in [1.165, 1.54) is 0 Å². The van der Waals surface area contributed by atoms with Crippen molar-refractivity contribution < 1.29 is 4.79 Å². The fourth-order valence-electron chi connectivity index (χ4n) is 2.45. The van der Waals surface area contributed by atoms with Gasteiger partial charge in [-0.2, -0.15) is 0 Å². The zero-order valence-corrected chi connectivity index (χ0v) is 15.3. The first kappa shape index (κ1) is 18.5. The minimum Gasteiger partial charge on any atom is -0.334 e. The molecule has 0 radical (unpaired) electrons. The van der Waals surface area contributed by atoms with E-state index in [2.05, 4.69) is 9.88 Å². The lowest BCUT2D eigenvalue weighted by Crippen LogP contribution is -2.36. The molecule has 2 aromatic rings. The predicted octanol–water partition coefficient (Wildman–Crippen LogP) is 2.89. The summed E-state index contributed by atoms with van der Waals surface area (Å²) in [5.41, 5.74) is 1.04. The summed E-state index contributed by atoms with van der Waals surface area (Å²) in [6, 6.07) is 7.79. The number of hydrogen-bond acceptors (Lipinski definition) is 3. The average Bonchev–Trinajstić information content (AvgIpc) is 2.99. The summed E-state index contributed by atoms with van der Waals surface area (Å²) in [4.78, 5) is 20.6. The number of halogens is 1. The molecule has 2 rings (SSSR count). The maximum Gasteiger partial charge on any atom is 0.222 e. The van der Waals surface area contributed by atoms with E-state index in [9.17, 15) is 4.79 Å². The quantitative estimate of drug-likeness (QED) is 0.736. The SMILES string of the molecule is CCC(=O)N(CCN(C)C)Cc1nccn1Cc1ccccc1Cl. The number of aromatic nitrogens is 2. The molecule has 0 saturated heterocycles. The molecule has 1 amide bonds. The maximum absolute atomic E-state index is 12.2. The predicted molar refractivity (Wildman–Crippen MR) is 97.0 cm³/mol. The molecule has 1 aromatic carbocycles. The summed E-state index contributed by atoms with van der Waals surface area (Å²) in [6.07, 6.45) is 4.20. The molecule has 130 valence electrons. The first-order valence-corrected chi connectivity index (χ1v) is 8.55. The van der Waals surface area contributed by atoms with E-state index < -0.39 is 0 Å². The lowest BCUT2D eigenvalue weighted by atomic mass is 10.2. The second-order valence-corrected chi connectivity index (χ2v) is 6.44. The van der Waals surface area contributed by atoms with Crippen LogP contribution in [0.15, 0.2) is 36.7 Å². The van der Waals surface area contributed by atoms with Crippen molar-refractivity contribution in [1.29, 1.82) is 0 Å². The van der Waals surface area contributed by atoms with Crippen molar-refractivity contribution in [3.05, 3.63) is 53.1 Å². The molecule has 0 N–H and O–H groups in total. The third kappa shape index (κ3) is 5.08. The van der Waals surface area contributed by atoms with Gasteiger partial charge in [-0.1, -0.05) is 36.7 Å². The largest absolute Gasteiger partial charge is 0.334 e. The van der Waals surface area contributed by atoms with Crippen LogP contribution in [0.2, 0.25) is 5.02 Å². The van der Waals surface area contributed by atoms with Gasteiger partial charge in [-0.25, -0.2) is 4.98 Å². The number of likely N-dealkylation sites (N-methyl/N-ethyl adjacent to an activating group) is 1. The second-order valence-electron chi connectivity index (χ2n) is 6.03. The summed E-state index contributed by atoms with van der Waals surface area (Å²) >= 11 is 6.25. The molecule has 0 aliphatic rings. The number of hydrogen-bond donors (Lipinski definition) is 0. The van der Waals surface area contributed by atoms with Crippen LogP contribution in [0, 0.1) is 0 Å². The van der Waals surface area contributed by atoms with Crippen LogP contribution in [0.3, 0.4) is 0 Å². The normalized spacial score (nSPS) is 11.0. The molecule has 24 heavy (non-hydrogen) atoms. The van der Waals surface area contributed by atoms with Gasteiger partial charge in [-0.15, -0.1) is 0 Å². The number of nitrogens with zero attached hydrogens (tertiary/aromatic N) is 4. The molecule has 1 aromatic heterocycles. The topological polar surface area (TPSA) is 41.4 Å². The fraction of sp³-hybridized carbons (Fsp3) is 0.444. The molecule has 0 spiro atoms. The Hall–Kier alpha value is -1.85. The Kier molecular flexibility index (Phi) is 6.82. The Balaban J connectivity index is 2.12. The molecular formula is C18H25ClN4O. The standard InChI is InChI=1S/C18H25ClN4O/c1-4-18(24)23(12-11-21(2)3)14-17-20-9-10-22(17)13-15-7-5-6-8-16(15)19/h5-10H,4,11-14H2,1-3H3. The molecule has 0 aliphatic carbocycles. The second kappa shape index (κ2) is 8.85. The minimum atomic E-state index is 0.143. The van der Waals surface area contributed by atoms with E-state index in [4.69, 9.17) is 11.6 Å². The van der Waals surface area contributed by atoms with Gasteiger partial charge in [0.1, 0.15) is 5.82 Å². The van der Waals surface area contributed by atoms with Crippen LogP contribution < -0.4 is 0 Å². The van der Waals surface area contributed by atoms with Crippen molar-refractivity contribution in [1.82, 2.24) is 19.4 Å². The third-order valence-electron chi connectivity index (χ3n) is 3.90. The first-order valence-electron chi connectivity index (χ1n) is 8.17. The van der Waals surface area contributed by atoms with E-state index in [0.717, 1.165) is 23.0 Å². The summed E-state index contributed by atoms with van der Waals surface area (Å²) in [5.74, 6) is 1.01. The highest BCUT2D eigenvalue weighted by Gasteiger charge is 2.15. The zero-order valence-electron chi connectivity index (χ0n) is 14.6. The van der Waals surface area contributed by atoms with E-state index in [-0.39, 0.29) is 5.91 Å². The molecule has 0 aliphatic heterocycles. The first-order chi connectivity index (χ1) is 11.5. The number of benzene rings is 1. The molecule has 0 bridgehead atoms. The van der Waals surface area contributed by atoms with Crippen LogP contribution in [-0.2, 0) is 17.9 Å². The molecule has 6 heteroatoms. The number of carbonyl (C=O) groups excluding carboxylic acids is 1. The van der Waals surface area contributed by atoms with Crippen molar-refractivity contribution in [3.8, 4) is 0 Å². The average molecular weight is 349 g/mol. The highest BCUT2D eigenvalue weighted by atomic mass is 35.5. The Morgan fingerprint density at radius 2 is 2.00 bits per heavy atom. The molecule has 0 unspecified atom stereocenters. The van der Waals surface area contributed by atoms with Crippen LogP contribution in [0.1, 0.15) is 24.7 Å². The Morgan fingerprint density at radius 3 is 2.67 bits per heavy atom. The highest BCUT2D eigenvalue weighted by Crippen LogP contribution is 2.17. The van der Waals surface area contributed by atoms with Gasteiger partial charge in [0.2, 0.25) is 5.91 Å². The van der Waals surface area contributed by atoms with E-state index >= 15 is 0 Å². The minimum absolute atomic E-state index is 0.143. The van der Waals surface area contributed by atoms with Gasteiger partial charge in [0.25, 0.3) is 0 Å². The number of carbonyl (C=O) groups is 1. The van der Waals surface area contributed by atoms with Crippen molar-refractivity contribution in [2.75, 3.05) is 27.2 Å². The highest BCUT2D eigenvalue weighted by molar-refractivity contribution is 6.31. The van der Waals surface area contributed by atoms with E-state index in [1.54, 1.807) is 6.20 Å². The Morgan fingerprint density at radius 1 is 1.25 bits per heavy atom. The molecule has 1 heterocycles. The Bertz CT molecular complexity index is 669. The van der Waals surface area contributed by atoms with Gasteiger partial charge in [-0.05, 0) is 25.7 Å². The van der Waals surface area contributed by atoms with Gasteiger partial charge >= 0.3 is 0 Å². The van der Waals surface area contributed by atoms with Crippen LogP contribution in [0.25, 0.3) is 0 Å². The third-order valence-corrected chi connectivity index (χ3v) is 4.27. The van der Waals surface area contributed by atoms with Gasteiger partial charge in [0, 0.05) is 36.9 Å². The monoisotopic (exact) mass is 348 g/mol. The van der Waals surface area contributed by atoms with Crippen LogP contribution >= 0.6 is 11.6 Å². The molecule has 0 fully saturated rings. The van der Waals surface area contributed by atoms with Crippen LogP contribution in [0.5, 0.6) is 0 Å². The fourth-order valence-corrected chi connectivity index (χ4v) is 2.65. The van der Waals surface area contributed by atoms with Crippen LogP contribution in [-0.4, -0.2) is 52.4 Å². The van der Waals surface area contributed by atoms with Crippen molar-refractivity contribution >= 4 is 17.5 Å². The number of rotatable bonds is 8. The zero-order chi connectivity index (χ0) is 17.5.